The van der Waals surface area contributed by atoms with E-state index in [1.54, 1.807) is 6.92 Å². The summed E-state index contributed by atoms with van der Waals surface area (Å²) in [7, 11) is 0. The van der Waals surface area contributed by atoms with Crippen LogP contribution >= 0.6 is 0 Å². The summed E-state index contributed by atoms with van der Waals surface area (Å²) < 4.78 is 0. The molecule has 106 valence electrons. The lowest BCUT2D eigenvalue weighted by atomic mass is 9.82. The molecule has 5 heteroatoms. The van der Waals surface area contributed by atoms with E-state index in [2.05, 4.69) is 17.1 Å². The third-order valence-corrected chi connectivity index (χ3v) is 3.68. The molecule has 1 atom stereocenters. The standard InChI is InChI=1S/C16H16N4O/c1-3-11-4-6-12(7-5-11)15(13(8-17)9-18)14-10(2)19-20-16(14)21/h4-7,13,15H,3H2,1-2H3,(H2,19,20,21)/t15-/m1/s1. The van der Waals surface area contributed by atoms with Crippen molar-refractivity contribution in [3.63, 3.8) is 0 Å². The van der Waals surface area contributed by atoms with Gasteiger partial charge in [0.1, 0.15) is 5.92 Å². The SMILES string of the molecule is CCc1ccc([C@@H](c2c(C)[nH][nH]c2=O)C(C#N)C#N)cc1. The highest BCUT2D eigenvalue weighted by Crippen LogP contribution is 2.31. The van der Waals surface area contributed by atoms with Crippen LogP contribution in [0, 0.1) is 35.5 Å². The number of benzene rings is 1. The monoisotopic (exact) mass is 280 g/mol. The fourth-order valence-corrected chi connectivity index (χ4v) is 2.49. The van der Waals surface area contributed by atoms with E-state index in [-0.39, 0.29) is 5.56 Å². The van der Waals surface area contributed by atoms with Crippen LogP contribution in [-0.4, -0.2) is 10.2 Å². The molecule has 0 fully saturated rings. The maximum Gasteiger partial charge on any atom is 0.268 e. The average molecular weight is 280 g/mol. The summed E-state index contributed by atoms with van der Waals surface area (Å²) >= 11 is 0. The second kappa shape index (κ2) is 6.11. The summed E-state index contributed by atoms with van der Waals surface area (Å²) in [4.78, 5) is 12.0. The molecule has 0 saturated heterocycles. The Hall–Kier alpha value is -2.79. The number of rotatable bonds is 4. The van der Waals surface area contributed by atoms with Crippen molar-refractivity contribution in [2.45, 2.75) is 26.2 Å². The summed E-state index contributed by atoms with van der Waals surface area (Å²) in [6, 6.07) is 11.7. The first-order valence-electron chi connectivity index (χ1n) is 6.77. The Kier molecular flexibility index (Phi) is 4.25. The van der Waals surface area contributed by atoms with Gasteiger partial charge in [-0.2, -0.15) is 10.5 Å². The molecule has 5 nitrogen and oxygen atoms in total. The highest BCUT2D eigenvalue weighted by Gasteiger charge is 2.29. The van der Waals surface area contributed by atoms with Crippen molar-refractivity contribution in [3.05, 3.63) is 57.0 Å². The van der Waals surface area contributed by atoms with E-state index in [4.69, 9.17) is 0 Å². The lowest BCUT2D eigenvalue weighted by molar-refractivity contribution is 0.700. The Morgan fingerprint density at radius 2 is 1.76 bits per heavy atom. The summed E-state index contributed by atoms with van der Waals surface area (Å²) in [6.45, 7) is 3.81. The molecule has 0 spiro atoms. The molecule has 0 saturated carbocycles. The molecule has 2 aromatic rings. The number of nitrogens with zero attached hydrogens (tertiary/aromatic N) is 2. The van der Waals surface area contributed by atoms with Crippen molar-refractivity contribution in [2.24, 2.45) is 5.92 Å². The van der Waals surface area contributed by atoms with E-state index in [1.165, 1.54) is 5.56 Å². The van der Waals surface area contributed by atoms with Crippen molar-refractivity contribution in [3.8, 4) is 12.1 Å². The minimum atomic E-state index is -0.909. The molecule has 2 rings (SSSR count). The first kappa shape index (κ1) is 14.6. The van der Waals surface area contributed by atoms with Crippen LogP contribution in [0.25, 0.3) is 0 Å². The van der Waals surface area contributed by atoms with Crippen molar-refractivity contribution >= 4 is 0 Å². The predicted molar refractivity (Wildman–Crippen MR) is 78.5 cm³/mol. The minimum absolute atomic E-state index is 0.285. The number of hydrogen-bond donors (Lipinski definition) is 2. The Labute approximate surface area is 122 Å². The summed E-state index contributed by atoms with van der Waals surface area (Å²) in [5.41, 5.74) is 2.79. The van der Waals surface area contributed by atoms with Gasteiger partial charge in [-0.15, -0.1) is 0 Å². The summed E-state index contributed by atoms with van der Waals surface area (Å²) in [5.74, 6) is -1.46. The highest BCUT2D eigenvalue weighted by atomic mass is 16.1. The van der Waals surface area contributed by atoms with Crippen LogP contribution in [0.15, 0.2) is 29.1 Å². The lowest BCUT2D eigenvalue weighted by Crippen LogP contribution is -2.19. The first-order valence-corrected chi connectivity index (χ1v) is 6.77. The molecule has 1 heterocycles. The topological polar surface area (TPSA) is 96.2 Å². The fourth-order valence-electron chi connectivity index (χ4n) is 2.49. The van der Waals surface area contributed by atoms with Crippen LogP contribution in [-0.2, 0) is 6.42 Å². The van der Waals surface area contributed by atoms with E-state index >= 15 is 0 Å². The van der Waals surface area contributed by atoms with Crippen LogP contribution in [0.2, 0.25) is 0 Å². The maximum absolute atomic E-state index is 12.0. The van der Waals surface area contributed by atoms with E-state index in [0.29, 0.717) is 11.3 Å². The van der Waals surface area contributed by atoms with Crippen molar-refractivity contribution in [1.82, 2.24) is 10.2 Å². The number of aromatic amines is 2. The van der Waals surface area contributed by atoms with Gasteiger partial charge in [0, 0.05) is 17.2 Å². The second-order valence-corrected chi connectivity index (χ2v) is 4.93. The number of aryl methyl sites for hydroxylation is 2. The second-order valence-electron chi connectivity index (χ2n) is 4.93. The average Bonchev–Trinajstić information content (AvgIpc) is 2.84. The quantitative estimate of drug-likeness (QED) is 0.899. The molecule has 0 aliphatic heterocycles. The fraction of sp³-hybridized carbons (Fsp3) is 0.312. The summed E-state index contributed by atoms with van der Waals surface area (Å²) in [6.07, 6.45) is 0.911. The van der Waals surface area contributed by atoms with Gasteiger partial charge in [-0.3, -0.25) is 9.89 Å². The molecule has 1 aromatic heterocycles. The molecular formula is C16H16N4O. The summed E-state index contributed by atoms with van der Waals surface area (Å²) in [5, 5.41) is 23.8. The normalized spacial score (nSPS) is 11.9. The number of nitrogens with one attached hydrogen (secondary N) is 2. The Bertz CT molecular complexity index is 741. The van der Waals surface area contributed by atoms with Crippen LogP contribution in [0.3, 0.4) is 0 Å². The lowest BCUT2D eigenvalue weighted by Gasteiger charge is -2.17. The Morgan fingerprint density at radius 1 is 1.14 bits per heavy atom. The van der Waals surface area contributed by atoms with Gasteiger partial charge in [-0.05, 0) is 24.5 Å². The molecule has 0 aliphatic rings. The third-order valence-electron chi connectivity index (χ3n) is 3.68. The zero-order chi connectivity index (χ0) is 15.4. The molecule has 0 unspecified atom stereocenters. The van der Waals surface area contributed by atoms with Gasteiger partial charge in [0.15, 0.2) is 0 Å². The van der Waals surface area contributed by atoms with Gasteiger partial charge in [-0.1, -0.05) is 31.2 Å². The predicted octanol–water partition coefficient (Wildman–Crippen LogP) is 2.37. The van der Waals surface area contributed by atoms with Crippen molar-refractivity contribution < 1.29 is 0 Å². The van der Waals surface area contributed by atoms with E-state index in [9.17, 15) is 15.3 Å². The van der Waals surface area contributed by atoms with Crippen LogP contribution in [0.4, 0.5) is 0 Å². The molecular weight excluding hydrogens is 264 g/mol. The van der Waals surface area contributed by atoms with Gasteiger partial charge < -0.3 is 5.10 Å². The van der Waals surface area contributed by atoms with E-state index in [0.717, 1.165) is 12.0 Å². The van der Waals surface area contributed by atoms with Gasteiger partial charge in [-0.25, -0.2) is 0 Å². The molecule has 0 radical (unpaired) electrons. The van der Waals surface area contributed by atoms with Crippen LogP contribution in [0.1, 0.15) is 35.2 Å². The van der Waals surface area contributed by atoms with Crippen molar-refractivity contribution in [1.29, 1.82) is 10.5 Å². The minimum Gasteiger partial charge on any atom is -0.302 e. The molecule has 0 amide bonds. The smallest absolute Gasteiger partial charge is 0.268 e. The number of H-pyrrole nitrogens is 2. The molecule has 21 heavy (non-hydrogen) atoms. The zero-order valence-corrected chi connectivity index (χ0v) is 12.0. The zero-order valence-electron chi connectivity index (χ0n) is 12.0. The van der Waals surface area contributed by atoms with Crippen molar-refractivity contribution in [2.75, 3.05) is 0 Å². The Morgan fingerprint density at radius 3 is 2.19 bits per heavy atom. The molecule has 1 aromatic carbocycles. The number of hydrogen-bond acceptors (Lipinski definition) is 3. The Balaban J connectivity index is 2.59. The molecule has 0 bridgehead atoms. The van der Waals surface area contributed by atoms with Gasteiger partial charge in [0.05, 0.1) is 12.1 Å². The van der Waals surface area contributed by atoms with Gasteiger partial charge >= 0.3 is 0 Å². The van der Waals surface area contributed by atoms with Crippen LogP contribution < -0.4 is 5.56 Å². The first-order chi connectivity index (χ1) is 10.1. The van der Waals surface area contributed by atoms with E-state index in [1.807, 2.05) is 36.4 Å². The number of aromatic nitrogens is 2. The molecule has 2 N–H and O–H groups in total. The van der Waals surface area contributed by atoms with Crippen LogP contribution in [0.5, 0.6) is 0 Å². The largest absolute Gasteiger partial charge is 0.302 e. The van der Waals surface area contributed by atoms with Gasteiger partial charge in [0.25, 0.3) is 5.56 Å². The third kappa shape index (κ3) is 2.73. The van der Waals surface area contributed by atoms with Gasteiger partial charge in [0.2, 0.25) is 0 Å². The maximum atomic E-state index is 12.0. The van der Waals surface area contributed by atoms with E-state index < -0.39 is 11.8 Å². The highest BCUT2D eigenvalue weighted by molar-refractivity contribution is 5.39. The molecule has 0 aliphatic carbocycles. The number of nitriles is 2.